The number of amides is 1. The molecule has 3 unspecified atom stereocenters. The molecule has 0 aromatic carbocycles. The Labute approximate surface area is 162 Å². The molecular formula is C18H25F2NO6S. The van der Waals surface area contributed by atoms with Crippen LogP contribution in [0.25, 0.3) is 0 Å². The van der Waals surface area contributed by atoms with Crippen molar-refractivity contribution in [3.8, 4) is 0 Å². The topological polar surface area (TPSA) is 110 Å². The predicted octanol–water partition coefficient (Wildman–Crippen LogP) is 2.43. The molecule has 0 aromatic rings. The van der Waals surface area contributed by atoms with Gasteiger partial charge in [-0.1, -0.05) is 30.9 Å². The summed E-state index contributed by atoms with van der Waals surface area (Å²) < 4.78 is 61.1. The van der Waals surface area contributed by atoms with E-state index in [1.807, 2.05) is 6.08 Å². The van der Waals surface area contributed by atoms with E-state index in [2.05, 4.69) is 5.32 Å². The van der Waals surface area contributed by atoms with Crippen molar-refractivity contribution in [1.82, 2.24) is 5.32 Å². The number of carbonyl (C=O) groups excluding carboxylic acids is 2. The van der Waals surface area contributed by atoms with Crippen LogP contribution in [0.3, 0.4) is 0 Å². The second-order valence-corrected chi connectivity index (χ2v) is 9.40. The predicted molar refractivity (Wildman–Crippen MR) is 94.9 cm³/mol. The van der Waals surface area contributed by atoms with Gasteiger partial charge in [0.1, 0.15) is 0 Å². The van der Waals surface area contributed by atoms with Gasteiger partial charge in [-0.15, -0.1) is 0 Å². The lowest BCUT2D eigenvalue weighted by molar-refractivity contribution is -0.152. The van der Waals surface area contributed by atoms with Crippen LogP contribution in [0.2, 0.25) is 0 Å². The normalized spacial score (nSPS) is 28.1. The molecule has 2 N–H and O–H groups in total. The second kappa shape index (κ2) is 8.06. The molecule has 3 rings (SSSR count). The lowest BCUT2D eigenvalue weighted by Gasteiger charge is -2.29. The van der Waals surface area contributed by atoms with Crippen molar-refractivity contribution < 1.29 is 36.1 Å². The number of alkyl halides is 2. The summed E-state index contributed by atoms with van der Waals surface area (Å²) in [5.41, 5.74) is 0.778. The molecule has 2 saturated carbocycles. The third kappa shape index (κ3) is 4.37. The number of carbonyl (C=O) groups is 2. The zero-order valence-electron chi connectivity index (χ0n) is 15.4. The van der Waals surface area contributed by atoms with E-state index in [9.17, 15) is 26.8 Å². The van der Waals surface area contributed by atoms with Gasteiger partial charge >= 0.3 is 21.3 Å². The van der Waals surface area contributed by atoms with Gasteiger partial charge in [0.25, 0.3) is 0 Å². The van der Waals surface area contributed by atoms with E-state index < -0.39 is 46.2 Å². The van der Waals surface area contributed by atoms with Gasteiger partial charge in [-0.2, -0.15) is 17.2 Å². The molecule has 0 heterocycles. The third-order valence-electron chi connectivity index (χ3n) is 5.97. The smallest absolute Gasteiger partial charge is 0.373 e. The van der Waals surface area contributed by atoms with Crippen molar-refractivity contribution in [2.75, 3.05) is 6.61 Å². The zero-order valence-corrected chi connectivity index (χ0v) is 16.2. The van der Waals surface area contributed by atoms with E-state index in [1.165, 1.54) is 0 Å². The van der Waals surface area contributed by atoms with Gasteiger partial charge < -0.3 is 10.1 Å². The van der Waals surface area contributed by atoms with Crippen molar-refractivity contribution in [3.63, 3.8) is 0 Å². The molecule has 0 radical (unpaired) electrons. The summed E-state index contributed by atoms with van der Waals surface area (Å²) in [5.74, 6) is -2.41. The summed E-state index contributed by atoms with van der Waals surface area (Å²) in [6.07, 6.45) is 6.91. The van der Waals surface area contributed by atoms with Crippen LogP contribution in [0.5, 0.6) is 0 Å². The maximum absolute atomic E-state index is 13.3. The Morgan fingerprint density at radius 1 is 1.25 bits per heavy atom. The Kier molecular flexibility index (Phi) is 6.09. The fourth-order valence-electron chi connectivity index (χ4n) is 4.50. The molecule has 7 nitrogen and oxygen atoms in total. The van der Waals surface area contributed by atoms with Gasteiger partial charge in [0.15, 0.2) is 0 Å². The minimum atomic E-state index is -5.57. The monoisotopic (exact) mass is 421 g/mol. The minimum absolute atomic E-state index is 0.00426. The number of fused-ring (bicyclic) bond motifs is 2. The number of halogens is 2. The molecule has 0 aliphatic heterocycles. The first-order chi connectivity index (χ1) is 13.1. The third-order valence-corrected chi connectivity index (χ3v) is 6.93. The average molecular weight is 421 g/mol. The van der Waals surface area contributed by atoms with Gasteiger partial charge in [0.2, 0.25) is 5.91 Å². The molecule has 3 aliphatic rings. The molecule has 3 atom stereocenters. The number of hydrogen-bond donors (Lipinski definition) is 2. The second-order valence-electron chi connectivity index (χ2n) is 7.86. The number of rotatable bonds is 7. The number of allylic oxidation sites excluding steroid dienone is 1. The van der Waals surface area contributed by atoms with Crippen LogP contribution in [-0.4, -0.2) is 42.8 Å². The Morgan fingerprint density at radius 3 is 2.57 bits per heavy atom. The molecule has 2 fully saturated rings. The summed E-state index contributed by atoms with van der Waals surface area (Å²) in [6.45, 7) is -0.864. The standard InChI is InChI=1S/C18H25F2NO6S/c19-18(20,28(24,25)26)8-9-27-17(23)15-12-7-6-11(10-12)14(15)16(22)21-13-4-2-1-3-5-13/h7,11,13-15H,1-6,8-10H2,(H,21,22)(H,24,25,26). The Hall–Kier alpha value is -1.55. The van der Waals surface area contributed by atoms with Crippen LogP contribution in [0.4, 0.5) is 8.78 Å². The summed E-state index contributed by atoms with van der Waals surface area (Å²) in [4.78, 5) is 25.3. The first-order valence-corrected chi connectivity index (χ1v) is 11.0. The first-order valence-electron chi connectivity index (χ1n) is 9.61. The van der Waals surface area contributed by atoms with Gasteiger partial charge in [-0.05, 0) is 31.6 Å². The molecule has 0 aromatic heterocycles. The van der Waals surface area contributed by atoms with Crippen molar-refractivity contribution in [3.05, 3.63) is 11.6 Å². The highest BCUT2D eigenvalue weighted by atomic mass is 32.2. The highest BCUT2D eigenvalue weighted by Crippen LogP contribution is 2.49. The maximum atomic E-state index is 13.3. The fraction of sp³-hybridized carbons (Fsp3) is 0.778. The van der Waals surface area contributed by atoms with Crippen LogP contribution in [-0.2, 0) is 24.4 Å². The Morgan fingerprint density at radius 2 is 1.93 bits per heavy atom. The van der Waals surface area contributed by atoms with E-state index in [1.54, 1.807) is 0 Å². The largest absolute Gasteiger partial charge is 0.465 e. The number of esters is 1. The summed E-state index contributed by atoms with van der Waals surface area (Å²) in [6, 6.07) is 0.0967. The van der Waals surface area contributed by atoms with E-state index >= 15 is 0 Å². The molecule has 0 spiro atoms. The van der Waals surface area contributed by atoms with Crippen molar-refractivity contribution in [2.45, 2.75) is 62.7 Å². The zero-order chi connectivity index (χ0) is 20.5. The average Bonchev–Trinajstić information content (AvgIpc) is 3.22. The number of nitrogens with one attached hydrogen (secondary N) is 1. The Balaban J connectivity index is 1.60. The minimum Gasteiger partial charge on any atom is -0.465 e. The summed E-state index contributed by atoms with van der Waals surface area (Å²) in [7, 11) is -5.57. The van der Waals surface area contributed by atoms with Crippen LogP contribution < -0.4 is 5.32 Å². The molecule has 3 aliphatic carbocycles. The molecule has 2 bridgehead atoms. The molecule has 0 saturated heterocycles. The number of ether oxygens (including phenoxy) is 1. The molecule has 10 heteroatoms. The van der Waals surface area contributed by atoms with Crippen molar-refractivity contribution >= 4 is 22.0 Å². The molecular weight excluding hydrogens is 396 g/mol. The van der Waals surface area contributed by atoms with E-state index in [0.717, 1.165) is 37.7 Å². The highest BCUT2D eigenvalue weighted by molar-refractivity contribution is 7.86. The lowest BCUT2D eigenvalue weighted by atomic mass is 9.82. The van der Waals surface area contributed by atoms with Crippen LogP contribution in [0.15, 0.2) is 11.6 Å². The first kappa shape index (κ1) is 21.2. The highest BCUT2D eigenvalue weighted by Gasteiger charge is 2.51. The molecule has 158 valence electrons. The van der Waals surface area contributed by atoms with E-state index in [0.29, 0.717) is 12.8 Å². The van der Waals surface area contributed by atoms with E-state index in [-0.39, 0.29) is 17.9 Å². The Bertz CT molecular complexity index is 760. The quantitative estimate of drug-likeness (QED) is 0.371. The lowest BCUT2D eigenvalue weighted by Crippen LogP contribution is -2.45. The summed E-state index contributed by atoms with van der Waals surface area (Å²) >= 11 is 0. The van der Waals surface area contributed by atoms with Gasteiger partial charge in [-0.25, -0.2) is 0 Å². The van der Waals surface area contributed by atoms with Gasteiger partial charge in [-0.3, -0.25) is 14.1 Å². The van der Waals surface area contributed by atoms with Crippen molar-refractivity contribution in [1.29, 1.82) is 0 Å². The van der Waals surface area contributed by atoms with Crippen LogP contribution in [0, 0.1) is 17.8 Å². The van der Waals surface area contributed by atoms with Crippen LogP contribution >= 0.6 is 0 Å². The number of hydrogen-bond acceptors (Lipinski definition) is 5. The summed E-state index contributed by atoms with van der Waals surface area (Å²) in [5, 5.41) is -1.37. The fourth-order valence-corrected chi connectivity index (χ4v) is 4.84. The SMILES string of the molecule is O=C(OCCC(F)(F)S(=O)(=O)O)C1C2=CCC(C2)C1C(=O)NC1CCCCC1. The molecule has 1 amide bonds. The molecule has 28 heavy (non-hydrogen) atoms. The van der Waals surface area contributed by atoms with Gasteiger partial charge in [0, 0.05) is 6.04 Å². The maximum Gasteiger partial charge on any atom is 0.373 e. The van der Waals surface area contributed by atoms with Crippen LogP contribution in [0.1, 0.15) is 51.4 Å². The van der Waals surface area contributed by atoms with Gasteiger partial charge in [0.05, 0.1) is 24.9 Å². The van der Waals surface area contributed by atoms with Crippen molar-refractivity contribution in [2.24, 2.45) is 17.8 Å². The van der Waals surface area contributed by atoms with E-state index in [4.69, 9.17) is 9.29 Å².